The lowest BCUT2D eigenvalue weighted by atomic mass is 9.90. The Hall–Kier alpha value is -2.95. The molecule has 1 saturated carbocycles. The minimum atomic E-state index is -0.981. The predicted octanol–water partition coefficient (Wildman–Crippen LogP) is 8.51. The highest BCUT2D eigenvalue weighted by Crippen LogP contribution is 2.44. The maximum absolute atomic E-state index is 14.7. The molecule has 2 aromatic carbocycles. The van der Waals surface area contributed by atoms with Crippen LogP contribution in [-0.4, -0.2) is 43.3 Å². The van der Waals surface area contributed by atoms with Gasteiger partial charge >= 0.3 is 0 Å². The number of aryl methyl sites for hydroxylation is 2. The Morgan fingerprint density at radius 3 is 2.38 bits per heavy atom. The first-order valence-corrected chi connectivity index (χ1v) is 16.8. The summed E-state index contributed by atoms with van der Waals surface area (Å²) in [5, 5.41) is 1.66. The quantitative estimate of drug-likeness (QED) is 0.0828. The number of amides is 1. The molecule has 238 valence electrons. The molecule has 2 heterocycles. The predicted molar refractivity (Wildman–Crippen MR) is 188 cm³/mol. The largest absolute Gasteiger partial charge is 0.466 e. The summed E-state index contributed by atoms with van der Waals surface area (Å²) in [6.45, 7) is 13.5. The third-order valence-corrected chi connectivity index (χ3v) is 9.93. The van der Waals surface area contributed by atoms with E-state index in [-0.39, 0.29) is 12.5 Å². The molecule has 1 aliphatic rings. The van der Waals surface area contributed by atoms with Crippen LogP contribution in [0.2, 0.25) is 5.02 Å². The van der Waals surface area contributed by atoms with Crippen LogP contribution in [0.25, 0.3) is 22.2 Å². The van der Waals surface area contributed by atoms with Crippen LogP contribution >= 0.6 is 34.5 Å². The van der Waals surface area contributed by atoms with Gasteiger partial charge in [-0.15, -0.1) is 0 Å². The highest BCUT2D eigenvalue weighted by Gasteiger charge is 2.38. The monoisotopic (exact) mass is 741 g/mol. The van der Waals surface area contributed by atoms with Gasteiger partial charge < -0.3 is 14.0 Å². The van der Waals surface area contributed by atoms with Crippen LogP contribution in [0.3, 0.4) is 0 Å². The lowest BCUT2D eigenvalue weighted by Gasteiger charge is -2.34. The normalized spacial score (nSPS) is 14.8. The molecule has 4 aromatic rings. The molecule has 0 saturated heterocycles. The van der Waals surface area contributed by atoms with Gasteiger partial charge in [0.1, 0.15) is 12.3 Å². The Balaban J connectivity index is 1.70. The van der Waals surface area contributed by atoms with E-state index in [9.17, 15) is 9.59 Å². The van der Waals surface area contributed by atoms with Crippen LogP contribution in [0.4, 0.5) is 0 Å². The van der Waals surface area contributed by atoms with Crippen molar-refractivity contribution in [2.45, 2.75) is 85.1 Å². The van der Waals surface area contributed by atoms with Gasteiger partial charge in [0.05, 0.1) is 34.5 Å². The molecule has 1 fully saturated rings. The molecule has 2 aromatic heterocycles. The average Bonchev–Trinajstić information content (AvgIpc) is 3.80. The number of fused-ring (bicyclic) bond motifs is 1. The third-order valence-electron chi connectivity index (χ3n) is 8.41. The fourth-order valence-corrected chi connectivity index (χ4v) is 6.67. The summed E-state index contributed by atoms with van der Waals surface area (Å²) in [6.07, 6.45) is 2.00. The van der Waals surface area contributed by atoms with Gasteiger partial charge in [0.2, 0.25) is 0 Å². The van der Waals surface area contributed by atoms with E-state index in [1.54, 1.807) is 3.11 Å². The van der Waals surface area contributed by atoms with Gasteiger partial charge in [-0.3, -0.25) is 12.7 Å². The molecular weight excluding hydrogens is 701 g/mol. The van der Waals surface area contributed by atoms with Gasteiger partial charge in [-0.25, -0.2) is 4.98 Å². The SMILES string of the molecule is Cc1nc2c(c(C)c(C)n2CC2CC2)c(-c2ccc(Cl)cc2)c1[C@@H](OC(C)(C)C)C(=O)N(I)[C@@H](COC=O)Cc1ccccc1. The van der Waals surface area contributed by atoms with E-state index < -0.39 is 17.7 Å². The number of rotatable bonds is 12. The number of carbonyl (C=O) groups excluding carboxylic acids is 2. The second kappa shape index (κ2) is 13.8. The average molecular weight is 742 g/mol. The summed E-state index contributed by atoms with van der Waals surface area (Å²) in [5.74, 6) is 0.424. The number of aromatic nitrogens is 2. The number of hydrogen-bond acceptors (Lipinski definition) is 5. The molecule has 0 bridgehead atoms. The molecular formula is C36H41ClIN3O4. The van der Waals surface area contributed by atoms with Crippen LogP contribution in [-0.2, 0) is 32.0 Å². The molecule has 1 amide bonds. The van der Waals surface area contributed by atoms with E-state index in [1.165, 1.54) is 18.5 Å². The number of carbonyl (C=O) groups is 2. The molecule has 0 spiro atoms. The number of halogens is 2. The van der Waals surface area contributed by atoms with E-state index in [0.717, 1.165) is 51.1 Å². The zero-order chi connectivity index (χ0) is 32.5. The van der Waals surface area contributed by atoms with E-state index in [1.807, 2.05) is 82.3 Å². The first-order valence-electron chi connectivity index (χ1n) is 15.4. The van der Waals surface area contributed by atoms with Gasteiger partial charge in [0.25, 0.3) is 12.4 Å². The zero-order valence-electron chi connectivity index (χ0n) is 26.8. The first-order chi connectivity index (χ1) is 21.4. The smallest absolute Gasteiger partial charge is 0.293 e. The Morgan fingerprint density at radius 1 is 1.11 bits per heavy atom. The number of benzene rings is 2. The third kappa shape index (κ3) is 7.55. The maximum Gasteiger partial charge on any atom is 0.293 e. The van der Waals surface area contributed by atoms with Gasteiger partial charge in [-0.1, -0.05) is 54.1 Å². The molecule has 1 aliphatic carbocycles. The summed E-state index contributed by atoms with van der Waals surface area (Å²) >= 11 is 8.41. The molecule has 2 atom stereocenters. The van der Waals surface area contributed by atoms with Crippen molar-refractivity contribution in [3.05, 3.63) is 87.7 Å². The molecule has 5 rings (SSSR count). The lowest BCUT2D eigenvalue weighted by Crippen LogP contribution is -2.42. The highest BCUT2D eigenvalue weighted by atomic mass is 127. The second-order valence-electron chi connectivity index (χ2n) is 13.0. The van der Waals surface area contributed by atoms with Crippen LogP contribution < -0.4 is 0 Å². The van der Waals surface area contributed by atoms with Crippen LogP contribution in [0, 0.1) is 26.7 Å². The van der Waals surface area contributed by atoms with Gasteiger partial charge in [-0.2, -0.15) is 0 Å². The molecule has 0 N–H and O–H groups in total. The summed E-state index contributed by atoms with van der Waals surface area (Å²) in [4.78, 5) is 31.2. The van der Waals surface area contributed by atoms with Crippen molar-refractivity contribution in [2.24, 2.45) is 5.92 Å². The van der Waals surface area contributed by atoms with E-state index in [4.69, 9.17) is 26.1 Å². The molecule has 9 heteroatoms. The maximum atomic E-state index is 14.7. The van der Waals surface area contributed by atoms with Crippen molar-refractivity contribution < 1.29 is 19.1 Å². The van der Waals surface area contributed by atoms with Crippen molar-refractivity contribution in [1.82, 2.24) is 12.7 Å². The van der Waals surface area contributed by atoms with Gasteiger partial charge in [-0.05, 0) is 95.5 Å². The summed E-state index contributed by atoms with van der Waals surface area (Å²) < 4.78 is 15.9. The number of nitrogens with zero attached hydrogens (tertiary/aromatic N) is 3. The Bertz CT molecular complexity index is 1680. The second-order valence-corrected chi connectivity index (χ2v) is 14.5. The first kappa shape index (κ1) is 33.4. The minimum Gasteiger partial charge on any atom is -0.466 e. The van der Waals surface area contributed by atoms with Gasteiger partial charge in [0.15, 0.2) is 6.10 Å². The van der Waals surface area contributed by atoms with E-state index in [2.05, 4.69) is 41.3 Å². The molecule has 45 heavy (non-hydrogen) atoms. The summed E-state index contributed by atoms with van der Waals surface area (Å²) in [6, 6.07) is 17.2. The molecule has 0 radical (unpaired) electrons. The van der Waals surface area contributed by atoms with E-state index in [0.29, 0.717) is 23.8 Å². The Morgan fingerprint density at radius 2 is 1.78 bits per heavy atom. The summed E-state index contributed by atoms with van der Waals surface area (Å²) in [7, 11) is 0. The number of hydrogen-bond donors (Lipinski definition) is 0. The van der Waals surface area contributed by atoms with Crippen molar-refractivity contribution in [2.75, 3.05) is 6.61 Å². The van der Waals surface area contributed by atoms with E-state index >= 15 is 0 Å². The molecule has 7 nitrogen and oxygen atoms in total. The lowest BCUT2D eigenvalue weighted by molar-refractivity contribution is -0.150. The minimum absolute atomic E-state index is 0.0535. The van der Waals surface area contributed by atoms with Crippen molar-refractivity contribution >= 4 is 57.9 Å². The zero-order valence-corrected chi connectivity index (χ0v) is 29.7. The fourth-order valence-electron chi connectivity index (χ4n) is 5.93. The van der Waals surface area contributed by atoms with Crippen molar-refractivity contribution in [3.63, 3.8) is 0 Å². The van der Waals surface area contributed by atoms with Crippen LogP contribution in [0.1, 0.15) is 67.8 Å². The number of pyridine rings is 1. The Kier molecular flexibility index (Phi) is 10.3. The van der Waals surface area contributed by atoms with Crippen molar-refractivity contribution in [1.29, 1.82) is 0 Å². The Labute approximate surface area is 284 Å². The van der Waals surface area contributed by atoms with Crippen LogP contribution in [0.5, 0.6) is 0 Å². The number of ether oxygens (including phenoxy) is 2. The van der Waals surface area contributed by atoms with Gasteiger partial charge in [0, 0.05) is 39.5 Å². The van der Waals surface area contributed by atoms with Crippen LogP contribution in [0.15, 0.2) is 54.6 Å². The topological polar surface area (TPSA) is 73.7 Å². The fraction of sp³-hybridized carbons (Fsp3) is 0.417. The highest BCUT2D eigenvalue weighted by molar-refractivity contribution is 14.1. The summed E-state index contributed by atoms with van der Waals surface area (Å²) in [5.41, 5.74) is 6.96. The standard InChI is InChI=1S/C36H41ClIN3O4/c1-22-24(3)40(19-26-12-13-26)34-30(22)32(27-14-16-28(37)17-15-27)31(23(2)39-34)33(45-36(4,5)6)35(43)41(38)29(20-44-21-42)18-25-10-8-7-9-11-25/h7-11,14-17,21,26,29,33H,12-13,18-20H2,1-6H3/t29-,33-/m1/s1. The molecule has 0 unspecified atom stereocenters. The van der Waals surface area contributed by atoms with Crippen molar-refractivity contribution in [3.8, 4) is 11.1 Å². The molecule has 0 aliphatic heterocycles.